The van der Waals surface area contributed by atoms with Crippen LogP contribution in [0.1, 0.15) is 45.5 Å². The second-order valence-corrected chi connectivity index (χ2v) is 6.30. The number of carboxylic acid groups (broad SMARTS) is 1. The van der Waals surface area contributed by atoms with Gasteiger partial charge in [-0.3, -0.25) is 4.79 Å². The van der Waals surface area contributed by atoms with Crippen LogP contribution in [0, 0.1) is 6.92 Å². The van der Waals surface area contributed by atoms with E-state index in [1.165, 1.54) is 17.7 Å². The van der Waals surface area contributed by atoms with Crippen molar-refractivity contribution >= 4 is 16.9 Å². The highest BCUT2D eigenvalue weighted by Crippen LogP contribution is 2.55. The first kappa shape index (κ1) is 14.7. The molecule has 24 heavy (non-hydrogen) atoms. The summed E-state index contributed by atoms with van der Waals surface area (Å²) in [6.45, 7) is 1.76. The summed E-state index contributed by atoms with van der Waals surface area (Å²) in [5.41, 5.74) is 2.23. The van der Waals surface area contributed by atoms with Crippen LogP contribution in [0.4, 0.5) is 0 Å². The fourth-order valence-corrected chi connectivity index (χ4v) is 3.35. The Balaban J connectivity index is 1.78. The summed E-state index contributed by atoms with van der Waals surface area (Å²) >= 11 is 0. The van der Waals surface area contributed by atoms with E-state index in [0.717, 1.165) is 12.2 Å². The molecular weight excluding hydrogens is 304 g/mol. The second-order valence-electron chi connectivity index (χ2n) is 6.30. The third-order valence-corrected chi connectivity index (χ3v) is 4.76. The predicted molar refractivity (Wildman–Crippen MR) is 90.7 cm³/mol. The van der Waals surface area contributed by atoms with Gasteiger partial charge in [0.25, 0.3) is 0 Å². The quantitative estimate of drug-likeness (QED) is 0.790. The van der Waals surface area contributed by atoms with Gasteiger partial charge < -0.3 is 9.52 Å². The van der Waals surface area contributed by atoms with Crippen molar-refractivity contribution in [1.82, 2.24) is 0 Å². The van der Waals surface area contributed by atoms with Crippen LogP contribution in [0.5, 0.6) is 0 Å². The molecule has 0 spiro atoms. The Morgan fingerprint density at radius 3 is 2.58 bits per heavy atom. The Morgan fingerprint density at radius 1 is 1.12 bits per heavy atom. The molecule has 0 radical (unpaired) electrons. The fraction of sp³-hybridized carbons (Fsp3) is 0.200. The largest absolute Gasteiger partial charge is 0.478 e. The van der Waals surface area contributed by atoms with Crippen LogP contribution in [0.2, 0.25) is 0 Å². The molecule has 1 heterocycles. The zero-order chi connectivity index (χ0) is 16.8. The number of rotatable bonds is 3. The molecule has 4 rings (SSSR count). The van der Waals surface area contributed by atoms with E-state index >= 15 is 0 Å². The maximum absolute atomic E-state index is 12.6. The van der Waals surface area contributed by atoms with Gasteiger partial charge in [-0.1, -0.05) is 30.3 Å². The van der Waals surface area contributed by atoms with E-state index in [4.69, 9.17) is 9.52 Å². The Bertz CT molecular complexity index is 1000. The number of hydrogen-bond acceptors (Lipinski definition) is 3. The highest BCUT2D eigenvalue weighted by atomic mass is 16.4. The van der Waals surface area contributed by atoms with Gasteiger partial charge in [0.1, 0.15) is 11.3 Å². The maximum Gasteiger partial charge on any atom is 0.335 e. The third kappa shape index (κ3) is 2.31. The Kier molecular flexibility index (Phi) is 3.27. The molecule has 1 fully saturated rings. The van der Waals surface area contributed by atoms with E-state index < -0.39 is 5.97 Å². The van der Waals surface area contributed by atoms with Gasteiger partial charge in [-0.15, -0.1) is 0 Å². The van der Waals surface area contributed by atoms with Crippen LogP contribution < -0.4 is 5.43 Å². The molecule has 1 aromatic heterocycles. The lowest BCUT2D eigenvalue weighted by atomic mass is 10.0. The lowest BCUT2D eigenvalue weighted by molar-refractivity contribution is 0.0697. The van der Waals surface area contributed by atoms with Crippen molar-refractivity contribution in [3.05, 3.63) is 81.2 Å². The number of benzene rings is 2. The summed E-state index contributed by atoms with van der Waals surface area (Å²) in [6, 6.07) is 14.6. The van der Waals surface area contributed by atoms with Gasteiger partial charge in [-0.05, 0) is 43.0 Å². The van der Waals surface area contributed by atoms with Crippen LogP contribution in [0.25, 0.3) is 11.0 Å². The molecule has 120 valence electrons. The molecule has 3 aromatic rings. The summed E-state index contributed by atoms with van der Waals surface area (Å²) in [5.74, 6) is 0.265. The molecule has 4 nitrogen and oxygen atoms in total. The summed E-state index contributed by atoms with van der Waals surface area (Å²) in [4.78, 5) is 23.7. The van der Waals surface area contributed by atoms with Gasteiger partial charge >= 0.3 is 5.97 Å². The van der Waals surface area contributed by atoms with E-state index in [2.05, 4.69) is 12.1 Å². The van der Waals surface area contributed by atoms with Crippen molar-refractivity contribution in [2.75, 3.05) is 0 Å². The van der Waals surface area contributed by atoms with Crippen molar-refractivity contribution in [2.24, 2.45) is 0 Å². The second kappa shape index (κ2) is 5.34. The SMILES string of the molecule is Cc1c([C@@H]2C[C@H]2c2ccccc2)oc2ccc(C(=O)O)cc2c1=O. The highest BCUT2D eigenvalue weighted by Gasteiger charge is 2.42. The van der Waals surface area contributed by atoms with Gasteiger partial charge in [-0.25, -0.2) is 4.79 Å². The fourth-order valence-electron chi connectivity index (χ4n) is 3.35. The molecule has 2 atom stereocenters. The molecule has 0 saturated heterocycles. The van der Waals surface area contributed by atoms with Crippen LogP contribution in [0.3, 0.4) is 0 Å². The molecular formula is C20H16O4. The molecule has 2 aromatic carbocycles. The lowest BCUT2D eigenvalue weighted by Gasteiger charge is -2.07. The van der Waals surface area contributed by atoms with Crippen LogP contribution in [-0.2, 0) is 0 Å². The van der Waals surface area contributed by atoms with Crippen LogP contribution >= 0.6 is 0 Å². The molecule has 1 aliphatic carbocycles. The average molecular weight is 320 g/mol. The smallest absolute Gasteiger partial charge is 0.335 e. The van der Waals surface area contributed by atoms with Gasteiger partial charge in [0.2, 0.25) is 0 Å². The summed E-state index contributed by atoms with van der Waals surface area (Å²) in [7, 11) is 0. The monoisotopic (exact) mass is 320 g/mol. The number of aromatic carboxylic acids is 1. The van der Waals surface area contributed by atoms with E-state index in [1.54, 1.807) is 13.0 Å². The highest BCUT2D eigenvalue weighted by molar-refractivity contribution is 5.92. The maximum atomic E-state index is 12.6. The van der Waals surface area contributed by atoms with Crippen molar-refractivity contribution in [3.63, 3.8) is 0 Å². The first-order chi connectivity index (χ1) is 11.6. The first-order valence-corrected chi connectivity index (χ1v) is 7.92. The molecule has 0 unspecified atom stereocenters. The Hall–Kier alpha value is -2.88. The molecule has 4 heteroatoms. The van der Waals surface area contributed by atoms with E-state index in [0.29, 0.717) is 22.5 Å². The van der Waals surface area contributed by atoms with E-state index in [-0.39, 0.29) is 16.9 Å². The van der Waals surface area contributed by atoms with Gasteiger partial charge in [0.15, 0.2) is 5.43 Å². The average Bonchev–Trinajstić information content (AvgIpc) is 3.39. The topological polar surface area (TPSA) is 67.5 Å². The van der Waals surface area contributed by atoms with E-state index in [9.17, 15) is 9.59 Å². The minimum absolute atomic E-state index is 0.0931. The zero-order valence-electron chi connectivity index (χ0n) is 13.2. The van der Waals surface area contributed by atoms with Crippen LogP contribution in [0.15, 0.2) is 57.7 Å². The number of carbonyl (C=O) groups is 1. The van der Waals surface area contributed by atoms with Gasteiger partial charge in [0, 0.05) is 11.5 Å². The summed E-state index contributed by atoms with van der Waals surface area (Å²) < 4.78 is 5.99. The van der Waals surface area contributed by atoms with E-state index in [1.807, 2.05) is 18.2 Å². The van der Waals surface area contributed by atoms with Crippen molar-refractivity contribution < 1.29 is 14.3 Å². The van der Waals surface area contributed by atoms with Crippen molar-refractivity contribution in [1.29, 1.82) is 0 Å². The van der Waals surface area contributed by atoms with Gasteiger partial charge in [0.05, 0.1) is 10.9 Å². The molecule has 0 bridgehead atoms. The normalized spacial score (nSPS) is 19.4. The third-order valence-electron chi connectivity index (χ3n) is 4.76. The zero-order valence-corrected chi connectivity index (χ0v) is 13.2. The molecule has 0 amide bonds. The predicted octanol–water partition coefficient (Wildman–Crippen LogP) is 4.07. The lowest BCUT2D eigenvalue weighted by Crippen LogP contribution is -2.10. The molecule has 0 aliphatic heterocycles. The number of fused-ring (bicyclic) bond motifs is 1. The number of hydrogen-bond donors (Lipinski definition) is 1. The summed E-state index contributed by atoms with van der Waals surface area (Å²) in [6.07, 6.45) is 0.965. The molecule has 1 aliphatic rings. The van der Waals surface area contributed by atoms with Crippen molar-refractivity contribution in [2.45, 2.75) is 25.2 Å². The number of carboxylic acids is 1. The standard InChI is InChI=1S/C20H16O4/c1-11-18(21)16-9-13(20(22)23)7-8-17(16)24-19(11)15-10-14(15)12-5-3-2-4-6-12/h2-9,14-15H,10H2,1H3,(H,22,23)/t14-,15+/m0/s1. The minimum atomic E-state index is -1.05. The Morgan fingerprint density at radius 2 is 1.88 bits per heavy atom. The van der Waals surface area contributed by atoms with Gasteiger partial charge in [-0.2, -0.15) is 0 Å². The van der Waals surface area contributed by atoms with Crippen LogP contribution in [-0.4, -0.2) is 11.1 Å². The van der Waals surface area contributed by atoms with Crippen molar-refractivity contribution in [3.8, 4) is 0 Å². The minimum Gasteiger partial charge on any atom is -0.478 e. The molecule has 1 N–H and O–H groups in total. The summed E-state index contributed by atoms with van der Waals surface area (Å²) in [5, 5.41) is 9.41. The first-order valence-electron chi connectivity index (χ1n) is 7.92. The molecule has 1 saturated carbocycles. The Labute approximate surface area is 138 Å².